The molecule has 0 aliphatic rings. The smallest absolute Gasteiger partial charge is 0.326 e. The molecule has 0 spiro atoms. The third-order valence-electron chi connectivity index (χ3n) is 5.16. The van der Waals surface area contributed by atoms with E-state index in [9.17, 15) is 33.9 Å². The lowest BCUT2D eigenvalue weighted by molar-refractivity contribution is -0.147. The fourth-order valence-corrected chi connectivity index (χ4v) is 3.66. The van der Waals surface area contributed by atoms with Crippen molar-refractivity contribution in [2.75, 3.05) is 12.0 Å². The molecule has 1 rings (SSSR count). The second-order valence-corrected chi connectivity index (χ2v) is 9.12. The van der Waals surface area contributed by atoms with E-state index in [1.54, 1.807) is 30.3 Å². The third-order valence-corrected chi connectivity index (χ3v) is 5.80. The maximum atomic E-state index is 13.2. The van der Waals surface area contributed by atoms with Gasteiger partial charge in [-0.1, -0.05) is 30.3 Å². The fraction of sp³-hybridized carbons (Fsp3) is 0.478. The number of carboxylic acid groups (broad SMARTS) is 3. The number of carbonyl (C=O) groups excluding carboxylic acids is 3. The Kier molecular flexibility index (Phi) is 13.7. The van der Waals surface area contributed by atoms with Crippen LogP contribution in [-0.4, -0.2) is 87.1 Å². The summed E-state index contributed by atoms with van der Waals surface area (Å²) < 4.78 is 0. The van der Waals surface area contributed by atoms with Gasteiger partial charge in [-0.2, -0.15) is 11.8 Å². The summed E-state index contributed by atoms with van der Waals surface area (Å²) in [6.45, 7) is 0. The molecule has 14 heteroatoms. The molecule has 4 atom stereocenters. The van der Waals surface area contributed by atoms with Crippen molar-refractivity contribution in [3.05, 3.63) is 35.9 Å². The highest BCUT2D eigenvalue weighted by Crippen LogP contribution is 2.08. The monoisotopic (exact) mass is 540 g/mol. The number of hydrogen-bond acceptors (Lipinski definition) is 8. The number of rotatable bonds is 17. The minimum Gasteiger partial charge on any atom is -0.481 e. The Balaban J connectivity index is 3.12. The number of aliphatic carboxylic acids is 3. The van der Waals surface area contributed by atoms with Crippen LogP contribution >= 0.6 is 11.8 Å². The first-order chi connectivity index (χ1) is 17.4. The molecule has 204 valence electrons. The maximum absolute atomic E-state index is 13.2. The van der Waals surface area contributed by atoms with Gasteiger partial charge in [0.2, 0.25) is 17.7 Å². The van der Waals surface area contributed by atoms with E-state index in [2.05, 4.69) is 10.6 Å². The van der Waals surface area contributed by atoms with Gasteiger partial charge in [0.05, 0.1) is 12.5 Å². The first-order valence-electron chi connectivity index (χ1n) is 11.3. The van der Waals surface area contributed by atoms with Crippen LogP contribution in [0, 0.1) is 0 Å². The summed E-state index contributed by atoms with van der Waals surface area (Å²) in [5.74, 6) is -6.27. The highest BCUT2D eigenvalue weighted by atomic mass is 32.2. The fourth-order valence-electron chi connectivity index (χ4n) is 3.17. The van der Waals surface area contributed by atoms with Gasteiger partial charge >= 0.3 is 17.9 Å². The van der Waals surface area contributed by atoms with E-state index in [-0.39, 0.29) is 6.42 Å². The molecular weight excluding hydrogens is 508 g/mol. The average molecular weight is 541 g/mol. The highest BCUT2D eigenvalue weighted by Gasteiger charge is 2.31. The first kappa shape index (κ1) is 31.4. The molecule has 0 aliphatic heterocycles. The summed E-state index contributed by atoms with van der Waals surface area (Å²) in [5.41, 5.74) is 6.59. The Labute approximate surface area is 217 Å². The van der Waals surface area contributed by atoms with Crippen molar-refractivity contribution in [3.8, 4) is 0 Å². The summed E-state index contributed by atoms with van der Waals surface area (Å²) in [5, 5.41) is 34.1. The van der Waals surface area contributed by atoms with Crippen molar-refractivity contribution in [1.29, 1.82) is 0 Å². The van der Waals surface area contributed by atoms with Gasteiger partial charge < -0.3 is 37.0 Å². The van der Waals surface area contributed by atoms with E-state index in [4.69, 9.17) is 15.9 Å². The van der Waals surface area contributed by atoms with Crippen LogP contribution in [0.15, 0.2) is 30.3 Å². The lowest BCUT2D eigenvalue weighted by Gasteiger charge is -2.25. The van der Waals surface area contributed by atoms with Crippen molar-refractivity contribution < 1.29 is 44.1 Å². The number of amides is 3. The summed E-state index contributed by atoms with van der Waals surface area (Å²) in [6.07, 6.45) is 0.343. The van der Waals surface area contributed by atoms with Crippen LogP contribution < -0.4 is 21.7 Å². The summed E-state index contributed by atoms with van der Waals surface area (Å²) in [7, 11) is 0. The number of benzene rings is 1. The largest absolute Gasteiger partial charge is 0.481 e. The van der Waals surface area contributed by atoms with Crippen molar-refractivity contribution in [3.63, 3.8) is 0 Å². The summed E-state index contributed by atoms with van der Waals surface area (Å²) in [4.78, 5) is 71.9. The minimum absolute atomic E-state index is 0.0255. The molecule has 0 saturated heterocycles. The topological polar surface area (TPSA) is 225 Å². The predicted molar refractivity (Wildman–Crippen MR) is 134 cm³/mol. The third kappa shape index (κ3) is 12.2. The van der Waals surface area contributed by atoms with Gasteiger partial charge in [-0.15, -0.1) is 0 Å². The standard InChI is InChI=1S/C23H32N4O9S/c1-37-10-9-14(24)20(32)26-16(11-13-5-3-2-4-6-13)22(34)25-15(7-8-18(28)29)21(33)27-17(23(35)36)12-19(30)31/h2-6,14-17H,7-12,24H2,1H3,(H,25,34)(H,26,32)(H,27,33)(H,28,29)(H,30,31)(H,35,36). The van der Waals surface area contributed by atoms with E-state index in [1.165, 1.54) is 11.8 Å². The molecule has 0 fully saturated rings. The molecule has 8 N–H and O–H groups in total. The minimum atomic E-state index is -1.80. The van der Waals surface area contributed by atoms with Crippen molar-refractivity contribution in [2.45, 2.75) is 56.3 Å². The molecule has 4 unspecified atom stereocenters. The molecule has 3 amide bonds. The first-order valence-corrected chi connectivity index (χ1v) is 12.7. The van der Waals surface area contributed by atoms with Crippen LogP contribution in [0.2, 0.25) is 0 Å². The molecule has 0 aromatic heterocycles. The van der Waals surface area contributed by atoms with Gasteiger partial charge in [0.25, 0.3) is 0 Å². The van der Waals surface area contributed by atoms with Gasteiger partial charge in [0, 0.05) is 12.8 Å². The lowest BCUT2D eigenvalue weighted by Crippen LogP contribution is -2.57. The number of carbonyl (C=O) groups is 6. The zero-order chi connectivity index (χ0) is 28.0. The molecule has 0 aliphatic carbocycles. The Morgan fingerprint density at radius 1 is 0.811 bits per heavy atom. The van der Waals surface area contributed by atoms with Gasteiger partial charge in [-0.3, -0.25) is 24.0 Å². The van der Waals surface area contributed by atoms with Gasteiger partial charge in [0.1, 0.15) is 18.1 Å². The van der Waals surface area contributed by atoms with Gasteiger partial charge in [-0.25, -0.2) is 4.79 Å². The van der Waals surface area contributed by atoms with E-state index in [0.29, 0.717) is 17.7 Å². The predicted octanol–water partition coefficient (Wildman–Crippen LogP) is -0.812. The quantitative estimate of drug-likeness (QED) is 0.129. The van der Waals surface area contributed by atoms with E-state index >= 15 is 0 Å². The molecule has 0 heterocycles. The van der Waals surface area contributed by atoms with E-state index in [0.717, 1.165) is 0 Å². The van der Waals surface area contributed by atoms with Crippen LogP contribution in [0.1, 0.15) is 31.2 Å². The Hall–Kier alpha value is -3.65. The van der Waals surface area contributed by atoms with Crippen molar-refractivity contribution in [1.82, 2.24) is 16.0 Å². The van der Waals surface area contributed by atoms with Crippen molar-refractivity contribution in [2.24, 2.45) is 5.73 Å². The van der Waals surface area contributed by atoms with Crippen LogP contribution in [0.25, 0.3) is 0 Å². The zero-order valence-electron chi connectivity index (χ0n) is 20.2. The second kappa shape index (κ2) is 16.2. The highest BCUT2D eigenvalue weighted by molar-refractivity contribution is 7.98. The molecule has 1 aromatic carbocycles. The summed E-state index contributed by atoms with van der Waals surface area (Å²) in [6, 6.07) is 3.26. The Morgan fingerprint density at radius 2 is 1.38 bits per heavy atom. The molecule has 0 radical (unpaired) electrons. The lowest BCUT2D eigenvalue weighted by atomic mass is 10.0. The van der Waals surface area contributed by atoms with Crippen LogP contribution in [0.3, 0.4) is 0 Å². The molecule has 13 nitrogen and oxygen atoms in total. The van der Waals surface area contributed by atoms with E-state index in [1.807, 2.05) is 11.6 Å². The molecule has 1 aromatic rings. The number of nitrogens with two attached hydrogens (primary N) is 1. The number of carboxylic acids is 3. The molecular formula is C23H32N4O9S. The number of hydrogen-bond donors (Lipinski definition) is 7. The van der Waals surface area contributed by atoms with Gasteiger partial charge in [-0.05, 0) is 30.4 Å². The van der Waals surface area contributed by atoms with Crippen LogP contribution in [0.4, 0.5) is 0 Å². The van der Waals surface area contributed by atoms with E-state index < -0.39 is 79.1 Å². The van der Waals surface area contributed by atoms with Crippen LogP contribution in [-0.2, 0) is 35.2 Å². The number of thioether (sulfide) groups is 1. The normalized spacial score (nSPS) is 13.9. The number of nitrogens with one attached hydrogen (secondary N) is 3. The Morgan fingerprint density at radius 3 is 1.92 bits per heavy atom. The van der Waals surface area contributed by atoms with Crippen molar-refractivity contribution >= 4 is 47.4 Å². The SMILES string of the molecule is CSCCC(N)C(=O)NC(Cc1ccccc1)C(=O)NC(CCC(=O)O)C(=O)NC(CC(=O)O)C(=O)O. The molecule has 0 bridgehead atoms. The summed E-state index contributed by atoms with van der Waals surface area (Å²) >= 11 is 1.49. The maximum Gasteiger partial charge on any atom is 0.326 e. The Bertz CT molecular complexity index is 961. The molecule has 0 saturated carbocycles. The zero-order valence-corrected chi connectivity index (χ0v) is 21.0. The average Bonchev–Trinajstić information content (AvgIpc) is 2.83. The van der Waals surface area contributed by atoms with Crippen LogP contribution in [0.5, 0.6) is 0 Å². The second-order valence-electron chi connectivity index (χ2n) is 8.13. The molecule has 37 heavy (non-hydrogen) atoms. The van der Waals surface area contributed by atoms with Gasteiger partial charge in [0.15, 0.2) is 0 Å².